The highest BCUT2D eigenvalue weighted by molar-refractivity contribution is 7.21. The summed E-state index contributed by atoms with van der Waals surface area (Å²) in [5.41, 5.74) is 0.896. The first-order valence-electron chi connectivity index (χ1n) is 6.51. The summed E-state index contributed by atoms with van der Waals surface area (Å²) in [5.74, 6) is 0.115. The number of hydrogen-bond donors (Lipinski definition) is 1. The fourth-order valence-corrected chi connectivity index (χ4v) is 3.82. The summed E-state index contributed by atoms with van der Waals surface area (Å²) >= 11 is 13.5. The van der Waals surface area contributed by atoms with E-state index in [-0.39, 0.29) is 5.88 Å². The lowest BCUT2D eigenvalue weighted by atomic mass is 10.2. The van der Waals surface area contributed by atoms with E-state index in [0.29, 0.717) is 10.0 Å². The monoisotopic (exact) mass is 347 g/mol. The van der Waals surface area contributed by atoms with Gasteiger partial charge in [0.25, 0.3) is 0 Å². The molecule has 0 aliphatic rings. The second-order valence-corrected chi connectivity index (χ2v) is 6.73. The zero-order valence-electron chi connectivity index (χ0n) is 11.1. The largest absolute Gasteiger partial charge is 0.457 e. The van der Waals surface area contributed by atoms with E-state index in [9.17, 15) is 5.11 Å². The lowest BCUT2D eigenvalue weighted by molar-refractivity contribution is -0.583. The van der Waals surface area contributed by atoms with Crippen molar-refractivity contribution in [3.8, 4) is 16.3 Å². The maximum Gasteiger partial charge on any atom is 0.416 e. The standard InChI is InChI=1S/C16H8Cl2N2OS/c17-11-4-1-9(2-5-11)14-15(21)20-16(22-14)13-7-12(18)6-3-10(13)8-19-20/h1-8H/p+1. The second-order valence-electron chi connectivity index (χ2n) is 4.85. The topological polar surface area (TPSA) is 37.2 Å². The Kier molecular flexibility index (Phi) is 3.18. The molecule has 0 amide bonds. The van der Waals surface area contributed by atoms with E-state index >= 15 is 0 Å². The third kappa shape index (κ3) is 2.11. The fourth-order valence-electron chi connectivity index (χ4n) is 2.39. The molecule has 0 atom stereocenters. The van der Waals surface area contributed by atoms with Crippen molar-refractivity contribution in [3.63, 3.8) is 0 Å². The molecule has 0 saturated carbocycles. The highest BCUT2D eigenvalue weighted by atomic mass is 35.5. The summed E-state index contributed by atoms with van der Waals surface area (Å²) in [6, 6.07) is 13.0. The molecule has 2 heterocycles. The van der Waals surface area contributed by atoms with Crippen molar-refractivity contribution in [2.75, 3.05) is 0 Å². The Balaban J connectivity index is 2.05. The molecule has 1 N–H and O–H groups in total. The molecule has 0 aliphatic carbocycles. The molecule has 0 fully saturated rings. The second kappa shape index (κ2) is 5.09. The van der Waals surface area contributed by atoms with Crippen molar-refractivity contribution in [1.29, 1.82) is 0 Å². The van der Waals surface area contributed by atoms with Gasteiger partial charge in [-0.15, -0.1) is 0 Å². The molecule has 2 aromatic carbocycles. The number of aromatic hydroxyl groups is 1. The van der Waals surface area contributed by atoms with Crippen molar-refractivity contribution in [1.82, 2.24) is 5.10 Å². The molecule has 22 heavy (non-hydrogen) atoms. The summed E-state index contributed by atoms with van der Waals surface area (Å²) in [6.45, 7) is 0. The van der Waals surface area contributed by atoms with Gasteiger partial charge in [-0.1, -0.05) is 52.7 Å². The highest BCUT2D eigenvalue weighted by Gasteiger charge is 2.25. The van der Waals surface area contributed by atoms with E-state index in [1.807, 2.05) is 30.3 Å². The Morgan fingerprint density at radius 2 is 1.73 bits per heavy atom. The Labute approximate surface area is 140 Å². The van der Waals surface area contributed by atoms with Gasteiger partial charge in [-0.25, -0.2) is 0 Å². The zero-order valence-corrected chi connectivity index (χ0v) is 13.5. The van der Waals surface area contributed by atoms with E-state index < -0.39 is 0 Å². The molecular weight excluding hydrogens is 339 g/mol. The van der Waals surface area contributed by atoms with Gasteiger partial charge in [0.1, 0.15) is 6.20 Å². The molecule has 0 bridgehead atoms. The molecule has 0 radical (unpaired) electrons. The Bertz CT molecular complexity index is 1010. The molecule has 2 aromatic heterocycles. The van der Waals surface area contributed by atoms with Crippen molar-refractivity contribution in [2.45, 2.75) is 0 Å². The van der Waals surface area contributed by atoms with Gasteiger partial charge < -0.3 is 5.11 Å². The average molecular weight is 348 g/mol. The Hall–Kier alpha value is -1.88. The van der Waals surface area contributed by atoms with Crippen LogP contribution < -0.4 is 4.52 Å². The van der Waals surface area contributed by atoms with Crippen LogP contribution >= 0.6 is 34.5 Å². The molecule has 6 heteroatoms. The summed E-state index contributed by atoms with van der Waals surface area (Å²) < 4.78 is 1.53. The number of hydrogen-bond acceptors (Lipinski definition) is 3. The minimum atomic E-state index is 0.115. The first-order chi connectivity index (χ1) is 10.6. The Morgan fingerprint density at radius 1 is 1.00 bits per heavy atom. The number of nitrogens with zero attached hydrogens (tertiary/aromatic N) is 2. The molecule has 3 nitrogen and oxygen atoms in total. The van der Waals surface area contributed by atoms with E-state index in [4.69, 9.17) is 23.2 Å². The summed E-state index contributed by atoms with van der Waals surface area (Å²) in [4.78, 5) is 1.60. The third-order valence-electron chi connectivity index (χ3n) is 3.46. The van der Waals surface area contributed by atoms with E-state index in [1.54, 1.807) is 18.3 Å². The molecule has 4 aromatic rings. The lowest BCUT2D eigenvalue weighted by Gasteiger charge is -1.94. The maximum atomic E-state index is 10.5. The van der Waals surface area contributed by atoms with Crippen LogP contribution in [-0.4, -0.2) is 10.2 Å². The highest BCUT2D eigenvalue weighted by Crippen LogP contribution is 2.36. The minimum Gasteiger partial charge on any atom is -0.457 e. The molecule has 0 unspecified atom stereocenters. The molecule has 0 saturated heterocycles. The van der Waals surface area contributed by atoms with Gasteiger partial charge in [0, 0.05) is 30.6 Å². The van der Waals surface area contributed by atoms with Crippen LogP contribution in [-0.2, 0) is 0 Å². The maximum absolute atomic E-state index is 10.5. The molecule has 4 rings (SSSR count). The smallest absolute Gasteiger partial charge is 0.416 e. The summed E-state index contributed by atoms with van der Waals surface area (Å²) in [6.07, 6.45) is 1.72. The van der Waals surface area contributed by atoms with Gasteiger partial charge in [-0.05, 0) is 24.3 Å². The fraction of sp³-hybridized carbons (Fsp3) is 0. The van der Waals surface area contributed by atoms with E-state index in [2.05, 4.69) is 5.10 Å². The first-order valence-corrected chi connectivity index (χ1v) is 8.09. The quantitative estimate of drug-likeness (QED) is 0.506. The van der Waals surface area contributed by atoms with Crippen LogP contribution in [0.3, 0.4) is 0 Å². The first kappa shape index (κ1) is 13.8. The number of benzene rings is 2. The van der Waals surface area contributed by atoms with Crippen molar-refractivity contribution < 1.29 is 9.62 Å². The lowest BCUT2D eigenvalue weighted by Crippen LogP contribution is -2.23. The molecule has 108 valence electrons. The predicted molar refractivity (Wildman–Crippen MR) is 89.9 cm³/mol. The third-order valence-corrected chi connectivity index (χ3v) is 5.15. The van der Waals surface area contributed by atoms with Crippen LogP contribution in [0.15, 0.2) is 48.7 Å². The van der Waals surface area contributed by atoms with E-state index in [1.165, 1.54) is 15.9 Å². The van der Waals surface area contributed by atoms with Gasteiger partial charge in [-0.3, -0.25) is 0 Å². The number of thiazole rings is 1. The minimum absolute atomic E-state index is 0.115. The van der Waals surface area contributed by atoms with Crippen LogP contribution in [0.25, 0.3) is 26.0 Å². The number of aromatic nitrogens is 2. The predicted octanol–water partition coefficient (Wildman–Crippen LogP) is 4.71. The summed E-state index contributed by atoms with van der Waals surface area (Å²) in [5, 5.41) is 18.1. The van der Waals surface area contributed by atoms with Gasteiger partial charge in [0.05, 0.1) is 5.39 Å². The van der Waals surface area contributed by atoms with E-state index in [0.717, 1.165) is 26.0 Å². The molecule has 0 aliphatic heterocycles. The van der Waals surface area contributed by atoms with Crippen molar-refractivity contribution in [2.24, 2.45) is 0 Å². The number of fused-ring (bicyclic) bond motifs is 3. The van der Waals surface area contributed by atoms with Crippen LogP contribution in [0, 0.1) is 0 Å². The zero-order chi connectivity index (χ0) is 15.3. The van der Waals surface area contributed by atoms with Crippen molar-refractivity contribution in [3.05, 3.63) is 58.7 Å². The van der Waals surface area contributed by atoms with Gasteiger partial charge in [0.2, 0.25) is 0 Å². The summed E-state index contributed by atoms with van der Waals surface area (Å²) in [7, 11) is 0. The Morgan fingerprint density at radius 3 is 2.50 bits per heavy atom. The van der Waals surface area contributed by atoms with Gasteiger partial charge in [-0.2, -0.15) is 0 Å². The number of rotatable bonds is 1. The van der Waals surface area contributed by atoms with Crippen LogP contribution in [0.5, 0.6) is 5.88 Å². The molecule has 0 spiro atoms. The SMILES string of the molecule is Oc1c(-c2ccc(Cl)cc2)sc2c3cc(Cl)ccc3cn[n+]12. The van der Waals surface area contributed by atoms with Crippen LogP contribution in [0.1, 0.15) is 0 Å². The number of halogens is 2. The van der Waals surface area contributed by atoms with Crippen LogP contribution in [0.2, 0.25) is 10.0 Å². The average Bonchev–Trinajstić information content (AvgIpc) is 2.86. The van der Waals surface area contributed by atoms with Gasteiger partial charge in [0.15, 0.2) is 4.88 Å². The normalized spacial score (nSPS) is 11.4. The van der Waals surface area contributed by atoms with Gasteiger partial charge >= 0.3 is 10.7 Å². The van der Waals surface area contributed by atoms with Crippen LogP contribution in [0.4, 0.5) is 0 Å². The van der Waals surface area contributed by atoms with Crippen molar-refractivity contribution >= 4 is 50.1 Å². The molecular formula is C16H9Cl2N2OS+.